The number of carbonyl (C=O) groups is 1. The Labute approximate surface area is 129 Å². The summed E-state index contributed by atoms with van der Waals surface area (Å²) in [6.45, 7) is 3.92. The normalized spacial score (nSPS) is 17.9. The Morgan fingerprint density at radius 1 is 1.36 bits per heavy atom. The molecule has 2 rings (SSSR count). The summed E-state index contributed by atoms with van der Waals surface area (Å²) in [6, 6.07) is 3.24. The molecule has 0 aliphatic heterocycles. The lowest BCUT2D eigenvalue weighted by molar-refractivity contribution is -0.131. The molecular weight excluding hydrogens is 288 g/mol. The van der Waals surface area contributed by atoms with Gasteiger partial charge in [-0.15, -0.1) is 0 Å². The summed E-state index contributed by atoms with van der Waals surface area (Å²) in [5.74, 6) is -1.36. The maximum Gasteiger partial charge on any atom is 0.230 e. The summed E-state index contributed by atoms with van der Waals surface area (Å²) in [4.78, 5) is 12.7. The molecule has 5 heteroatoms. The van der Waals surface area contributed by atoms with E-state index >= 15 is 0 Å². The van der Waals surface area contributed by atoms with Gasteiger partial charge in [-0.1, -0.05) is 26.3 Å². The fourth-order valence-electron chi connectivity index (χ4n) is 3.04. The van der Waals surface area contributed by atoms with Gasteiger partial charge in [0.15, 0.2) is 0 Å². The highest BCUT2D eigenvalue weighted by Crippen LogP contribution is 2.45. The first-order chi connectivity index (χ1) is 10.4. The van der Waals surface area contributed by atoms with E-state index in [4.69, 9.17) is 5.11 Å². The summed E-state index contributed by atoms with van der Waals surface area (Å²) in [6.07, 6.45) is 2.43. The van der Waals surface area contributed by atoms with Crippen LogP contribution in [-0.2, 0) is 10.2 Å². The van der Waals surface area contributed by atoms with Crippen molar-refractivity contribution in [2.45, 2.75) is 51.0 Å². The van der Waals surface area contributed by atoms with E-state index in [1.807, 2.05) is 13.8 Å². The first-order valence-corrected chi connectivity index (χ1v) is 7.78. The van der Waals surface area contributed by atoms with Gasteiger partial charge >= 0.3 is 0 Å². The molecule has 22 heavy (non-hydrogen) atoms. The van der Waals surface area contributed by atoms with E-state index in [0.29, 0.717) is 19.3 Å². The SMILES string of the molecule is CC(C)C(CCO)NC(=O)C1(c2ccc(F)cc2F)CCC1. The molecule has 3 nitrogen and oxygen atoms in total. The molecule has 0 heterocycles. The van der Waals surface area contributed by atoms with Crippen LogP contribution >= 0.6 is 0 Å². The van der Waals surface area contributed by atoms with Crippen molar-refractivity contribution in [3.63, 3.8) is 0 Å². The first kappa shape index (κ1) is 16.9. The third kappa shape index (κ3) is 3.14. The predicted octanol–water partition coefficient (Wildman–Crippen LogP) is 2.91. The summed E-state index contributed by atoms with van der Waals surface area (Å²) in [7, 11) is 0. The van der Waals surface area contributed by atoms with Crippen molar-refractivity contribution in [3.8, 4) is 0 Å². The van der Waals surface area contributed by atoms with E-state index in [1.54, 1.807) is 0 Å². The van der Waals surface area contributed by atoms with Crippen LogP contribution in [0.4, 0.5) is 8.78 Å². The van der Waals surface area contributed by atoms with Crippen molar-refractivity contribution in [3.05, 3.63) is 35.4 Å². The van der Waals surface area contributed by atoms with E-state index in [2.05, 4.69) is 5.32 Å². The smallest absolute Gasteiger partial charge is 0.230 e. The van der Waals surface area contributed by atoms with Crippen LogP contribution in [0.2, 0.25) is 0 Å². The molecule has 1 fully saturated rings. The lowest BCUT2D eigenvalue weighted by atomic mass is 9.63. The Morgan fingerprint density at radius 2 is 2.05 bits per heavy atom. The molecule has 0 radical (unpaired) electrons. The summed E-state index contributed by atoms with van der Waals surface area (Å²) in [5, 5.41) is 12.1. The predicted molar refractivity (Wildman–Crippen MR) is 80.4 cm³/mol. The largest absolute Gasteiger partial charge is 0.396 e. The van der Waals surface area contributed by atoms with Crippen molar-refractivity contribution >= 4 is 5.91 Å². The number of nitrogens with one attached hydrogen (secondary N) is 1. The third-order valence-corrected chi connectivity index (χ3v) is 4.65. The van der Waals surface area contributed by atoms with Crippen molar-refractivity contribution < 1.29 is 18.7 Å². The van der Waals surface area contributed by atoms with Crippen molar-refractivity contribution in [1.29, 1.82) is 0 Å². The number of hydrogen-bond donors (Lipinski definition) is 2. The van der Waals surface area contributed by atoms with E-state index < -0.39 is 17.0 Å². The molecule has 0 bridgehead atoms. The van der Waals surface area contributed by atoms with Crippen LogP contribution in [0.25, 0.3) is 0 Å². The second-order valence-corrected chi connectivity index (χ2v) is 6.40. The van der Waals surface area contributed by atoms with Crippen LogP contribution in [0.1, 0.15) is 45.1 Å². The standard InChI is InChI=1S/C17H23F2NO2/c1-11(2)15(6-9-21)20-16(22)17(7-3-8-17)13-5-4-12(18)10-14(13)19/h4-5,10-11,15,21H,3,6-9H2,1-2H3,(H,20,22). The Morgan fingerprint density at radius 3 is 2.50 bits per heavy atom. The molecule has 1 saturated carbocycles. The molecule has 0 spiro atoms. The van der Waals surface area contributed by atoms with E-state index in [-0.39, 0.29) is 30.0 Å². The topological polar surface area (TPSA) is 49.3 Å². The van der Waals surface area contributed by atoms with Gasteiger partial charge in [0.1, 0.15) is 11.6 Å². The van der Waals surface area contributed by atoms with Gasteiger partial charge in [-0.3, -0.25) is 4.79 Å². The maximum absolute atomic E-state index is 14.1. The van der Waals surface area contributed by atoms with Gasteiger partial charge in [0, 0.05) is 24.3 Å². The van der Waals surface area contributed by atoms with Crippen molar-refractivity contribution in [1.82, 2.24) is 5.32 Å². The maximum atomic E-state index is 14.1. The summed E-state index contributed by atoms with van der Waals surface area (Å²) >= 11 is 0. The Bertz CT molecular complexity index is 541. The van der Waals surface area contributed by atoms with Gasteiger partial charge < -0.3 is 10.4 Å². The number of rotatable bonds is 6. The van der Waals surface area contributed by atoms with Gasteiger partial charge in [0.05, 0.1) is 5.41 Å². The Balaban J connectivity index is 2.24. The quantitative estimate of drug-likeness (QED) is 0.848. The van der Waals surface area contributed by atoms with E-state index in [9.17, 15) is 13.6 Å². The van der Waals surface area contributed by atoms with Crippen LogP contribution in [0.5, 0.6) is 0 Å². The second kappa shape index (κ2) is 6.73. The van der Waals surface area contributed by atoms with Crippen LogP contribution in [0, 0.1) is 17.6 Å². The molecule has 1 aromatic rings. The molecule has 122 valence electrons. The van der Waals surface area contributed by atoms with Crippen molar-refractivity contribution in [2.24, 2.45) is 5.92 Å². The number of benzene rings is 1. The zero-order valence-corrected chi connectivity index (χ0v) is 13.0. The fourth-order valence-corrected chi connectivity index (χ4v) is 3.04. The minimum atomic E-state index is -0.902. The highest BCUT2D eigenvalue weighted by atomic mass is 19.1. The minimum Gasteiger partial charge on any atom is -0.396 e. The fraction of sp³-hybridized carbons (Fsp3) is 0.588. The van der Waals surface area contributed by atoms with Crippen molar-refractivity contribution in [2.75, 3.05) is 6.61 Å². The van der Waals surface area contributed by atoms with Gasteiger partial charge in [0.2, 0.25) is 5.91 Å². The number of aliphatic hydroxyl groups excluding tert-OH is 1. The van der Waals surface area contributed by atoms with Gasteiger partial charge in [0.25, 0.3) is 0 Å². The average Bonchev–Trinajstić information content (AvgIpc) is 2.39. The molecule has 0 aromatic heterocycles. The molecule has 0 saturated heterocycles. The second-order valence-electron chi connectivity index (χ2n) is 6.40. The first-order valence-electron chi connectivity index (χ1n) is 7.78. The molecule has 1 amide bonds. The zero-order chi connectivity index (χ0) is 16.3. The highest BCUT2D eigenvalue weighted by molar-refractivity contribution is 5.89. The van der Waals surface area contributed by atoms with Gasteiger partial charge in [-0.05, 0) is 31.2 Å². The van der Waals surface area contributed by atoms with Crippen LogP contribution in [-0.4, -0.2) is 23.7 Å². The summed E-state index contributed by atoms with van der Waals surface area (Å²) in [5.41, 5.74) is -0.635. The lowest BCUT2D eigenvalue weighted by Crippen LogP contribution is -2.53. The Hall–Kier alpha value is -1.49. The molecule has 1 atom stereocenters. The Kier molecular flexibility index (Phi) is 5.16. The number of hydrogen-bond acceptors (Lipinski definition) is 2. The molecule has 2 N–H and O–H groups in total. The van der Waals surface area contributed by atoms with Crippen LogP contribution < -0.4 is 5.32 Å². The minimum absolute atomic E-state index is 0.0129. The molecule has 1 aromatic carbocycles. The highest BCUT2D eigenvalue weighted by Gasteiger charge is 2.47. The van der Waals surface area contributed by atoms with Crippen LogP contribution in [0.15, 0.2) is 18.2 Å². The lowest BCUT2D eigenvalue weighted by Gasteiger charge is -2.42. The van der Waals surface area contributed by atoms with E-state index in [1.165, 1.54) is 12.1 Å². The molecule has 1 aliphatic carbocycles. The number of aliphatic hydroxyl groups is 1. The van der Waals surface area contributed by atoms with Gasteiger partial charge in [-0.2, -0.15) is 0 Å². The zero-order valence-electron chi connectivity index (χ0n) is 13.0. The van der Waals surface area contributed by atoms with E-state index in [0.717, 1.165) is 12.5 Å². The third-order valence-electron chi connectivity index (χ3n) is 4.65. The number of carbonyl (C=O) groups excluding carboxylic acids is 1. The summed E-state index contributed by atoms with van der Waals surface area (Å²) < 4.78 is 27.2. The molecular formula is C17H23F2NO2. The molecule has 1 unspecified atom stereocenters. The molecule has 1 aliphatic rings. The van der Waals surface area contributed by atoms with Gasteiger partial charge in [-0.25, -0.2) is 8.78 Å². The number of amides is 1. The average molecular weight is 311 g/mol. The van der Waals surface area contributed by atoms with Crippen LogP contribution in [0.3, 0.4) is 0 Å². The number of halogens is 2. The monoisotopic (exact) mass is 311 g/mol.